The van der Waals surface area contributed by atoms with Gasteiger partial charge in [-0.05, 0) is 63.9 Å². The number of hydrogen-bond donors (Lipinski definition) is 2. The summed E-state index contributed by atoms with van der Waals surface area (Å²) < 4.78 is 44.4. The van der Waals surface area contributed by atoms with Crippen molar-refractivity contribution in [1.29, 1.82) is 0 Å². The van der Waals surface area contributed by atoms with Crippen LogP contribution in [0.15, 0.2) is 44.2 Å². The molecule has 4 aromatic rings. The number of carbonyl (C=O) groups is 1. The van der Waals surface area contributed by atoms with Gasteiger partial charge in [-0.2, -0.15) is 0 Å². The number of methoxy groups -OCH3 is 1. The summed E-state index contributed by atoms with van der Waals surface area (Å²) in [6.45, 7) is 5.35. The molecule has 0 saturated heterocycles. The zero-order chi connectivity index (χ0) is 24.9. The summed E-state index contributed by atoms with van der Waals surface area (Å²) in [5, 5.41) is 7.22. The second kappa shape index (κ2) is 8.51. The lowest BCUT2D eigenvalue weighted by atomic mass is 10.1. The molecule has 10 nitrogen and oxygen atoms in total. The highest BCUT2D eigenvalue weighted by Crippen LogP contribution is 2.33. The Hall–Kier alpha value is -3.70. The summed E-state index contributed by atoms with van der Waals surface area (Å²) >= 11 is 0. The Morgan fingerprint density at radius 2 is 1.91 bits per heavy atom. The number of sulfonamides is 1. The van der Waals surface area contributed by atoms with Gasteiger partial charge < -0.3 is 19.0 Å². The summed E-state index contributed by atoms with van der Waals surface area (Å²) in [6, 6.07) is 7.75. The molecule has 0 unspecified atom stereocenters. The number of anilines is 1. The van der Waals surface area contributed by atoms with E-state index in [0.29, 0.717) is 34.0 Å². The molecule has 0 aliphatic heterocycles. The standard InChI is InChI=1S/C24H24N4O6S/c1-12-9-17(14(3)33-12)19-11-18(22-13(2)27-34-24(22)26-19)23(29)25-20-10-16(7-8-21(20)32-4)35(30,31)28-15-5-6-15/h7-11,15,28H,5-6H2,1-4H3,(H,25,29). The van der Waals surface area contributed by atoms with Crippen LogP contribution in [0.1, 0.15) is 40.4 Å². The molecule has 182 valence electrons. The number of rotatable bonds is 7. The maximum Gasteiger partial charge on any atom is 0.259 e. The van der Waals surface area contributed by atoms with Crippen LogP contribution in [0.4, 0.5) is 5.69 Å². The van der Waals surface area contributed by atoms with Crippen molar-refractivity contribution in [2.45, 2.75) is 44.6 Å². The van der Waals surface area contributed by atoms with Crippen molar-refractivity contribution >= 4 is 32.7 Å². The molecule has 1 saturated carbocycles. The third-order valence-electron chi connectivity index (χ3n) is 5.81. The van der Waals surface area contributed by atoms with Crippen LogP contribution in [-0.2, 0) is 10.0 Å². The molecule has 3 heterocycles. The van der Waals surface area contributed by atoms with Gasteiger partial charge in [0.1, 0.15) is 17.3 Å². The minimum Gasteiger partial charge on any atom is -0.495 e. The van der Waals surface area contributed by atoms with Gasteiger partial charge in [0.2, 0.25) is 10.0 Å². The molecule has 2 N–H and O–H groups in total. The van der Waals surface area contributed by atoms with E-state index in [2.05, 4.69) is 20.2 Å². The van der Waals surface area contributed by atoms with Gasteiger partial charge in [-0.3, -0.25) is 4.79 Å². The second-order valence-corrected chi connectivity index (χ2v) is 10.3. The predicted molar refractivity (Wildman–Crippen MR) is 128 cm³/mol. The Labute approximate surface area is 201 Å². The van der Waals surface area contributed by atoms with E-state index in [4.69, 9.17) is 13.7 Å². The average Bonchev–Trinajstić information content (AvgIpc) is 3.44. The highest BCUT2D eigenvalue weighted by atomic mass is 32.2. The van der Waals surface area contributed by atoms with Crippen molar-refractivity contribution in [2.75, 3.05) is 12.4 Å². The molecule has 1 fully saturated rings. The second-order valence-electron chi connectivity index (χ2n) is 8.54. The van der Waals surface area contributed by atoms with Crippen LogP contribution in [-0.4, -0.2) is 37.6 Å². The molecule has 0 atom stereocenters. The summed E-state index contributed by atoms with van der Waals surface area (Å²) in [4.78, 5) is 18.1. The van der Waals surface area contributed by atoms with Crippen molar-refractivity contribution in [3.8, 4) is 17.0 Å². The van der Waals surface area contributed by atoms with Crippen LogP contribution >= 0.6 is 0 Å². The Bertz CT molecular complexity index is 1570. The van der Waals surface area contributed by atoms with E-state index in [1.807, 2.05) is 19.9 Å². The van der Waals surface area contributed by atoms with E-state index in [1.165, 1.54) is 25.3 Å². The number of carbonyl (C=O) groups excluding carboxylic acids is 1. The lowest BCUT2D eigenvalue weighted by Gasteiger charge is -2.13. The monoisotopic (exact) mass is 496 g/mol. The van der Waals surface area contributed by atoms with Crippen molar-refractivity contribution in [1.82, 2.24) is 14.9 Å². The topological polar surface area (TPSA) is 137 Å². The van der Waals surface area contributed by atoms with Gasteiger partial charge in [0.25, 0.3) is 11.6 Å². The summed E-state index contributed by atoms with van der Waals surface area (Å²) in [5.74, 6) is 1.19. The third kappa shape index (κ3) is 4.40. The van der Waals surface area contributed by atoms with E-state index >= 15 is 0 Å². The van der Waals surface area contributed by atoms with Crippen LogP contribution in [0.2, 0.25) is 0 Å². The minimum absolute atomic E-state index is 0.0340. The van der Waals surface area contributed by atoms with E-state index < -0.39 is 15.9 Å². The molecular weight excluding hydrogens is 472 g/mol. The number of benzene rings is 1. The van der Waals surface area contributed by atoms with Gasteiger partial charge in [-0.1, -0.05) is 5.16 Å². The molecule has 1 aliphatic carbocycles. The van der Waals surface area contributed by atoms with Crippen LogP contribution in [0.5, 0.6) is 5.75 Å². The lowest BCUT2D eigenvalue weighted by molar-refractivity contribution is 0.102. The van der Waals surface area contributed by atoms with Gasteiger partial charge in [0.15, 0.2) is 0 Å². The Morgan fingerprint density at radius 1 is 1.14 bits per heavy atom. The summed E-state index contributed by atoms with van der Waals surface area (Å²) in [7, 11) is -2.28. The van der Waals surface area contributed by atoms with Gasteiger partial charge in [-0.25, -0.2) is 18.1 Å². The molecule has 0 radical (unpaired) electrons. The highest BCUT2D eigenvalue weighted by Gasteiger charge is 2.29. The first-order chi connectivity index (χ1) is 16.7. The van der Waals surface area contributed by atoms with E-state index in [0.717, 1.165) is 18.4 Å². The van der Waals surface area contributed by atoms with Crippen molar-refractivity contribution in [3.63, 3.8) is 0 Å². The van der Waals surface area contributed by atoms with Gasteiger partial charge >= 0.3 is 0 Å². The van der Waals surface area contributed by atoms with Crippen LogP contribution in [0.3, 0.4) is 0 Å². The summed E-state index contributed by atoms with van der Waals surface area (Å²) in [6.07, 6.45) is 1.63. The molecule has 0 bridgehead atoms. The largest absolute Gasteiger partial charge is 0.495 e. The van der Waals surface area contributed by atoms with Crippen LogP contribution in [0.25, 0.3) is 22.4 Å². The van der Waals surface area contributed by atoms with Crippen molar-refractivity contribution < 1.29 is 26.9 Å². The number of aromatic nitrogens is 2. The number of ether oxygens (including phenoxy) is 1. The number of amides is 1. The normalized spacial score (nSPS) is 13.8. The molecule has 11 heteroatoms. The molecule has 35 heavy (non-hydrogen) atoms. The lowest BCUT2D eigenvalue weighted by Crippen LogP contribution is -2.26. The van der Waals surface area contributed by atoms with E-state index in [9.17, 15) is 13.2 Å². The number of furan rings is 1. The smallest absolute Gasteiger partial charge is 0.259 e. The van der Waals surface area contributed by atoms with Gasteiger partial charge in [-0.15, -0.1) is 0 Å². The quantitative estimate of drug-likeness (QED) is 0.390. The van der Waals surface area contributed by atoms with Crippen LogP contribution < -0.4 is 14.8 Å². The fourth-order valence-corrected chi connectivity index (χ4v) is 5.26. The number of nitrogens with zero attached hydrogens (tertiary/aromatic N) is 2. The average molecular weight is 497 g/mol. The molecule has 1 aliphatic rings. The highest BCUT2D eigenvalue weighted by molar-refractivity contribution is 7.89. The first-order valence-corrected chi connectivity index (χ1v) is 12.5. The molecule has 5 rings (SSSR count). The maximum atomic E-state index is 13.5. The fourth-order valence-electron chi connectivity index (χ4n) is 3.93. The molecule has 1 amide bonds. The number of pyridine rings is 1. The zero-order valence-corrected chi connectivity index (χ0v) is 20.4. The number of fused-ring (bicyclic) bond motifs is 1. The molecule has 1 aromatic carbocycles. The Kier molecular flexibility index (Phi) is 5.60. The maximum absolute atomic E-state index is 13.5. The van der Waals surface area contributed by atoms with Crippen LogP contribution in [0, 0.1) is 20.8 Å². The fraction of sp³-hybridized carbons (Fsp3) is 0.292. The zero-order valence-electron chi connectivity index (χ0n) is 19.6. The number of hydrogen-bond acceptors (Lipinski definition) is 8. The SMILES string of the molecule is COc1ccc(S(=O)(=O)NC2CC2)cc1NC(=O)c1cc(-c2cc(C)oc2C)nc2onc(C)c12. The molecular formula is C24H24N4O6S. The van der Waals surface area contributed by atoms with Gasteiger partial charge in [0.05, 0.1) is 40.0 Å². The van der Waals surface area contributed by atoms with E-state index in [1.54, 1.807) is 13.0 Å². The Balaban J connectivity index is 1.56. The minimum atomic E-state index is -3.72. The van der Waals surface area contributed by atoms with Crippen molar-refractivity contribution in [2.24, 2.45) is 0 Å². The number of nitrogens with one attached hydrogen (secondary N) is 2. The predicted octanol–water partition coefficient (Wildman–Crippen LogP) is 4.11. The first-order valence-electron chi connectivity index (χ1n) is 11.0. The molecule has 3 aromatic heterocycles. The van der Waals surface area contributed by atoms with Gasteiger partial charge in [0, 0.05) is 11.6 Å². The number of aryl methyl sites for hydroxylation is 3. The van der Waals surface area contributed by atoms with E-state index in [-0.39, 0.29) is 27.9 Å². The van der Waals surface area contributed by atoms with Crippen molar-refractivity contribution in [3.05, 3.63) is 53.1 Å². The summed E-state index contributed by atoms with van der Waals surface area (Å²) in [5.41, 5.74) is 2.41. The third-order valence-corrected chi connectivity index (χ3v) is 7.33. The molecule has 0 spiro atoms. The Morgan fingerprint density at radius 3 is 2.57 bits per heavy atom. The first kappa shape index (κ1) is 23.1.